The molecule has 2 aromatic carbocycles. The number of ether oxygens (including phenoxy) is 2. The largest absolute Gasteiger partial charge is 0.507 e. The van der Waals surface area contributed by atoms with E-state index in [1.807, 2.05) is 26.8 Å². The van der Waals surface area contributed by atoms with Crippen LogP contribution < -0.4 is 9.47 Å². The normalized spacial score (nSPS) is 17.8. The van der Waals surface area contributed by atoms with Crippen LogP contribution in [0.5, 0.6) is 28.7 Å². The van der Waals surface area contributed by atoms with Crippen LogP contribution >= 0.6 is 0 Å². The molecule has 33 heavy (non-hydrogen) atoms. The number of Topliss-reactive ketones (excluding diaryl/α,β-unsaturated/α-hetero) is 1. The van der Waals surface area contributed by atoms with Crippen molar-refractivity contribution in [2.75, 3.05) is 7.11 Å². The lowest BCUT2D eigenvalue weighted by atomic mass is 9.90. The SMILES string of the molecule is COc1cc([C@@H]2Oc3cc(O)c(CC=C(C)CCC=C(C)C)c(O)c3C(=O)[C@H]2O)ccc1O. The summed E-state index contributed by atoms with van der Waals surface area (Å²) in [5, 5.41) is 41.8. The van der Waals surface area contributed by atoms with Gasteiger partial charge in [0.15, 0.2) is 23.7 Å². The predicted octanol–water partition coefficient (Wildman–Crippen LogP) is 4.72. The van der Waals surface area contributed by atoms with Crippen molar-refractivity contribution in [2.45, 2.75) is 52.2 Å². The third kappa shape index (κ3) is 5.14. The molecule has 0 saturated carbocycles. The number of rotatable bonds is 7. The molecule has 2 aromatic rings. The van der Waals surface area contributed by atoms with Crippen molar-refractivity contribution in [1.29, 1.82) is 0 Å². The summed E-state index contributed by atoms with van der Waals surface area (Å²) in [6.07, 6.45) is 3.33. The van der Waals surface area contributed by atoms with Gasteiger partial charge in [0, 0.05) is 11.6 Å². The summed E-state index contributed by atoms with van der Waals surface area (Å²) >= 11 is 0. The lowest BCUT2D eigenvalue weighted by molar-refractivity contribution is 0.0209. The summed E-state index contributed by atoms with van der Waals surface area (Å²) in [7, 11) is 1.38. The van der Waals surface area contributed by atoms with E-state index < -0.39 is 23.7 Å². The van der Waals surface area contributed by atoms with Crippen LogP contribution in [0.1, 0.15) is 61.2 Å². The highest BCUT2D eigenvalue weighted by atomic mass is 16.5. The summed E-state index contributed by atoms with van der Waals surface area (Å²) < 4.78 is 10.9. The summed E-state index contributed by atoms with van der Waals surface area (Å²) in [5.74, 6) is -1.27. The Morgan fingerprint density at radius 2 is 1.82 bits per heavy atom. The third-order valence-corrected chi connectivity index (χ3v) is 5.68. The van der Waals surface area contributed by atoms with Crippen molar-refractivity contribution in [3.8, 4) is 28.7 Å². The molecule has 1 aliphatic heterocycles. The van der Waals surface area contributed by atoms with E-state index in [4.69, 9.17) is 9.47 Å². The average Bonchev–Trinajstić information content (AvgIpc) is 2.76. The fraction of sp³-hybridized carbons (Fsp3) is 0.346. The Hall–Kier alpha value is -3.45. The maximum atomic E-state index is 13.0. The topological polar surface area (TPSA) is 116 Å². The van der Waals surface area contributed by atoms with Crippen LogP contribution in [0.2, 0.25) is 0 Å². The number of aliphatic hydroxyl groups excluding tert-OH is 1. The molecule has 176 valence electrons. The zero-order valence-electron chi connectivity index (χ0n) is 19.3. The maximum Gasteiger partial charge on any atom is 0.202 e. The standard InChI is InChI=1S/C26H30O7/c1-14(2)6-5-7-15(3)8-10-17-19(28)13-21-22(23(17)29)24(30)25(31)26(33-21)16-9-11-18(27)20(12-16)32-4/h6,8-9,11-13,25-29,31H,5,7,10H2,1-4H3/t25-,26+/m1/s1. The van der Waals surface area contributed by atoms with Crippen LogP contribution in [0.4, 0.5) is 0 Å². The molecule has 0 aromatic heterocycles. The number of hydrogen-bond donors (Lipinski definition) is 4. The van der Waals surface area contributed by atoms with Crippen LogP contribution in [0, 0.1) is 0 Å². The van der Waals surface area contributed by atoms with Crippen LogP contribution in [-0.2, 0) is 6.42 Å². The molecule has 3 rings (SSSR count). The molecule has 0 amide bonds. The van der Waals surface area contributed by atoms with E-state index in [0.717, 1.165) is 18.4 Å². The Balaban J connectivity index is 1.90. The Bertz CT molecular complexity index is 1110. The van der Waals surface area contributed by atoms with Crippen molar-refractivity contribution >= 4 is 5.78 Å². The number of methoxy groups -OCH3 is 1. The molecule has 0 aliphatic carbocycles. The molecular weight excluding hydrogens is 424 g/mol. The van der Waals surface area contributed by atoms with E-state index >= 15 is 0 Å². The van der Waals surface area contributed by atoms with Crippen LogP contribution in [0.3, 0.4) is 0 Å². The van der Waals surface area contributed by atoms with Crippen molar-refractivity contribution in [3.05, 3.63) is 64.3 Å². The highest BCUT2D eigenvalue weighted by Gasteiger charge is 2.40. The fourth-order valence-electron chi connectivity index (χ4n) is 3.78. The molecule has 1 heterocycles. The summed E-state index contributed by atoms with van der Waals surface area (Å²) in [5.41, 5.74) is 2.77. The molecule has 1 aliphatic rings. The molecule has 7 nitrogen and oxygen atoms in total. The van der Waals surface area contributed by atoms with E-state index in [2.05, 4.69) is 6.08 Å². The number of carbonyl (C=O) groups is 1. The van der Waals surface area contributed by atoms with Crippen molar-refractivity contribution in [3.63, 3.8) is 0 Å². The zero-order valence-corrected chi connectivity index (χ0v) is 19.3. The Kier molecular flexibility index (Phi) is 7.33. The summed E-state index contributed by atoms with van der Waals surface area (Å²) in [4.78, 5) is 13.0. The number of ketones is 1. The first-order valence-corrected chi connectivity index (χ1v) is 10.8. The van der Waals surface area contributed by atoms with Gasteiger partial charge in [-0.25, -0.2) is 0 Å². The molecule has 0 bridgehead atoms. The van der Waals surface area contributed by atoms with Crippen molar-refractivity contribution < 1.29 is 34.7 Å². The molecule has 0 fully saturated rings. The molecular formula is C26H30O7. The number of phenolic OH excluding ortho intramolecular Hbond substituents is 3. The van der Waals surface area contributed by atoms with Gasteiger partial charge < -0.3 is 29.9 Å². The minimum atomic E-state index is -1.59. The van der Waals surface area contributed by atoms with Crippen molar-refractivity contribution in [1.82, 2.24) is 0 Å². The Labute approximate surface area is 193 Å². The van der Waals surface area contributed by atoms with E-state index in [0.29, 0.717) is 5.56 Å². The second-order valence-electron chi connectivity index (χ2n) is 8.45. The fourth-order valence-corrected chi connectivity index (χ4v) is 3.78. The number of allylic oxidation sites excluding steroid dienone is 4. The molecule has 7 heteroatoms. The smallest absolute Gasteiger partial charge is 0.202 e. The lowest BCUT2D eigenvalue weighted by Crippen LogP contribution is -2.36. The highest BCUT2D eigenvalue weighted by molar-refractivity contribution is 6.06. The summed E-state index contributed by atoms with van der Waals surface area (Å²) in [6, 6.07) is 5.61. The van der Waals surface area contributed by atoms with E-state index in [1.165, 1.54) is 36.9 Å². The van der Waals surface area contributed by atoms with Gasteiger partial charge in [0.05, 0.1) is 7.11 Å². The average molecular weight is 455 g/mol. The second-order valence-corrected chi connectivity index (χ2v) is 8.45. The monoisotopic (exact) mass is 454 g/mol. The minimum absolute atomic E-state index is 0.0228. The van der Waals surface area contributed by atoms with E-state index in [1.54, 1.807) is 0 Å². The number of aromatic hydroxyl groups is 3. The third-order valence-electron chi connectivity index (χ3n) is 5.68. The van der Waals surface area contributed by atoms with Crippen LogP contribution in [0.15, 0.2) is 47.6 Å². The van der Waals surface area contributed by atoms with Gasteiger partial charge >= 0.3 is 0 Å². The quantitative estimate of drug-likeness (QED) is 0.447. The number of aliphatic hydroxyl groups is 1. The first-order chi connectivity index (χ1) is 15.6. The predicted molar refractivity (Wildman–Crippen MR) is 124 cm³/mol. The number of hydrogen-bond acceptors (Lipinski definition) is 7. The summed E-state index contributed by atoms with van der Waals surface area (Å²) in [6.45, 7) is 6.05. The van der Waals surface area contributed by atoms with Gasteiger partial charge in [-0.15, -0.1) is 0 Å². The number of phenols is 3. The lowest BCUT2D eigenvalue weighted by Gasteiger charge is -2.31. The van der Waals surface area contributed by atoms with Gasteiger partial charge in [-0.2, -0.15) is 0 Å². The van der Waals surface area contributed by atoms with E-state index in [9.17, 15) is 25.2 Å². The van der Waals surface area contributed by atoms with Gasteiger partial charge in [0.2, 0.25) is 5.78 Å². The first kappa shape index (κ1) is 24.2. The molecule has 0 saturated heterocycles. The minimum Gasteiger partial charge on any atom is -0.507 e. The second kappa shape index (κ2) is 10.0. The molecule has 4 N–H and O–H groups in total. The first-order valence-electron chi connectivity index (χ1n) is 10.8. The van der Waals surface area contributed by atoms with Crippen LogP contribution in [0.25, 0.3) is 0 Å². The van der Waals surface area contributed by atoms with E-state index in [-0.39, 0.29) is 40.5 Å². The van der Waals surface area contributed by atoms with Gasteiger partial charge in [-0.3, -0.25) is 4.79 Å². The van der Waals surface area contributed by atoms with Gasteiger partial charge in [-0.05, 0) is 57.7 Å². The molecule has 0 radical (unpaired) electrons. The zero-order chi connectivity index (χ0) is 24.3. The molecule has 2 atom stereocenters. The van der Waals surface area contributed by atoms with Gasteiger partial charge in [0.1, 0.15) is 22.8 Å². The van der Waals surface area contributed by atoms with Crippen molar-refractivity contribution in [2.24, 2.45) is 0 Å². The van der Waals surface area contributed by atoms with Gasteiger partial charge in [0.25, 0.3) is 0 Å². The number of fused-ring (bicyclic) bond motifs is 1. The van der Waals surface area contributed by atoms with Gasteiger partial charge in [-0.1, -0.05) is 29.4 Å². The molecule has 0 unspecified atom stereocenters. The Morgan fingerprint density at radius 3 is 2.48 bits per heavy atom. The number of carbonyl (C=O) groups excluding carboxylic acids is 1. The maximum absolute atomic E-state index is 13.0. The Morgan fingerprint density at radius 1 is 1.09 bits per heavy atom. The number of benzene rings is 2. The highest BCUT2D eigenvalue weighted by Crippen LogP contribution is 2.45. The van der Waals surface area contributed by atoms with Crippen LogP contribution in [-0.4, -0.2) is 39.4 Å². The molecule has 0 spiro atoms.